The van der Waals surface area contributed by atoms with Gasteiger partial charge in [0.25, 0.3) is 0 Å². The van der Waals surface area contributed by atoms with Gasteiger partial charge in [-0.3, -0.25) is 0 Å². The molecular weight excluding hydrogens is 288 g/mol. The van der Waals surface area contributed by atoms with Gasteiger partial charge in [-0.15, -0.1) is 11.5 Å². The Morgan fingerprint density at radius 3 is 2.95 bits per heavy atom. The van der Waals surface area contributed by atoms with E-state index in [2.05, 4.69) is 31.5 Å². The molecule has 7 heteroatoms. The average molecular weight is 299 g/mol. The molecule has 6 nitrogen and oxygen atoms in total. The Bertz CT molecular complexity index is 820. The van der Waals surface area contributed by atoms with Gasteiger partial charge in [-0.1, -0.05) is 40.9 Å². The van der Waals surface area contributed by atoms with Gasteiger partial charge in [0, 0.05) is 5.02 Å². The summed E-state index contributed by atoms with van der Waals surface area (Å²) in [7, 11) is 0. The lowest BCUT2D eigenvalue weighted by Crippen LogP contribution is -2.05. The Labute approximate surface area is 126 Å². The van der Waals surface area contributed by atoms with Crippen LogP contribution in [0.1, 0.15) is 5.56 Å². The van der Waals surface area contributed by atoms with Crippen LogP contribution in [0.2, 0.25) is 5.02 Å². The molecule has 0 saturated carbocycles. The zero-order valence-corrected chi connectivity index (χ0v) is 11.7. The minimum Gasteiger partial charge on any atom is -0.357 e. The predicted octanol–water partition coefficient (Wildman–Crippen LogP) is 1.97. The molecule has 3 aromatic rings. The molecule has 0 bridgehead atoms. The smallest absolute Gasteiger partial charge is 0.184 e. The third kappa shape index (κ3) is 2.64. The van der Waals surface area contributed by atoms with Crippen molar-refractivity contribution < 1.29 is 0 Å². The van der Waals surface area contributed by atoms with Crippen LogP contribution in [0.25, 0.3) is 11.2 Å². The van der Waals surface area contributed by atoms with Crippen molar-refractivity contribution in [1.82, 2.24) is 25.0 Å². The number of hydrogen-bond donors (Lipinski definition) is 1. The lowest BCUT2D eigenvalue weighted by molar-refractivity contribution is 0.664. The van der Waals surface area contributed by atoms with E-state index >= 15 is 0 Å². The number of halogens is 1. The van der Waals surface area contributed by atoms with Gasteiger partial charge in [0.05, 0.1) is 13.1 Å². The van der Waals surface area contributed by atoms with Crippen LogP contribution in [0.3, 0.4) is 0 Å². The molecule has 0 aliphatic carbocycles. The second-order valence-electron chi connectivity index (χ2n) is 4.29. The van der Waals surface area contributed by atoms with Gasteiger partial charge in [-0.05, 0) is 11.6 Å². The molecule has 0 atom stereocenters. The largest absolute Gasteiger partial charge is 0.357 e. The van der Waals surface area contributed by atoms with Crippen LogP contribution in [-0.2, 0) is 6.54 Å². The highest BCUT2D eigenvalue weighted by Gasteiger charge is 2.12. The summed E-state index contributed by atoms with van der Waals surface area (Å²) >= 11 is 6.16. The second-order valence-corrected chi connectivity index (χ2v) is 4.70. The van der Waals surface area contributed by atoms with Gasteiger partial charge in [-0.2, -0.15) is 0 Å². The molecule has 1 aromatic carbocycles. The quantitative estimate of drug-likeness (QED) is 0.746. The summed E-state index contributed by atoms with van der Waals surface area (Å²) in [4.78, 5) is 8.35. The Hall–Kier alpha value is -2.65. The van der Waals surface area contributed by atoms with Gasteiger partial charge in [0.15, 0.2) is 17.0 Å². The first-order valence-corrected chi connectivity index (χ1v) is 6.62. The molecular formula is C14H11ClN6. The van der Waals surface area contributed by atoms with Crippen LogP contribution in [0, 0.1) is 12.3 Å². The second kappa shape index (κ2) is 5.77. The molecule has 2 aromatic heterocycles. The highest BCUT2D eigenvalue weighted by molar-refractivity contribution is 6.31. The molecule has 0 unspecified atom stereocenters. The number of terminal acetylenes is 1. The number of anilines is 1. The van der Waals surface area contributed by atoms with E-state index in [9.17, 15) is 0 Å². The summed E-state index contributed by atoms with van der Waals surface area (Å²) < 4.78 is 1.68. The van der Waals surface area contributed by atoms with Crippen molar-refractivity contribution in [3.8, 4) is 12.3 Å². The van der Waals surface area contributed by atoms with Crippen LogP contribution in [0.15, 0.2) is 30.6 Å². The van der Waals surface area contributed by atoms with Crippen molar-refractivity contribution in [3.05, 3.63) is 41.2 Å². The number of rotatable bonds is 4. The molecule has 0 radical (unpaired) electrons. The molecule has 0 spiro atoms. The Kier molecular flexibility index (Phi) is 3.67. The summed E-state index contributed by atoms with van der Waals surface area (Å²) in [6, 6.07) is 7.59. The third-order valence-electron chi connectivity index (χ3n) is 2.94. The standard InChI is InChI=1S/C14H11ClN6/c1-2-7-16-13-12-14(18-9-17-13)21(20-19-12)8-10-5-3-4-6-11(10)15/h1,3-6,9H,7-8H2,(H,16,17,18). The Balaban J connectivity index is 1.98. The molecule has 21 heavy (non-hydrogen) atoms. The van der Waals surface area contributed by atoms with E-state index in [0.29, 0.717) is 35.1 Å². The molecule has 104 valence electrons. The minimum absolute atomic E-state index is 0.365. The van der Waals surface area contributed by atoms with E-state index in [4.69, 9.17) is 18.0 Å². The third-order valence-corrected chi connectivity index (χ3v) is 3.30. The van der Waals surface area contributed by atoms with Crippen molar-refractivity contribution in [1.29, 1.82) is 0 Å². The summed E-state index contributed by atoms with van der Waals surface area (Å²) in [6.07, 6.45) is 6.68. The zero-order chi connectivity index (χ0) is 14.7. The fourth-order valence-electron chi connectivity index (χ4n) is 1.95. The Morgan fingerprint density at radius 2 is 2.14 bits per heavy atom. The van der Waals surface area contributed by atoms with Crippen molar-refractivity contribution in [2.75, 3.05) is 11.9 Å². The lowest BCUT2D eigenvalue weighted by atomic mass is 10.2. The molecule has 0 aliphatic heterocycles. The van der Waals surface area contributed by atoms with E-state index in [1.165, 1.54) is 6.33 Å². The summed E-state index contributed by atoms with van der Waals surface area (Å²) in [5.41, 5.74) is 2.16. The van der Waals surface area contributed by atoms with E-state index in [1.807, 2.05) is 24.3 Å². The van der Waals surface area contributed by atoms with Gasteiger partial charge >= 0.3 is 0 Å². The number of nitrogens with one attached hydrogen (secondary N) is 1. The van der Waals surface area contributed by atoms with Crippen LogP contribution in [0.4, 0.5) is 5.82 Å². The SMILES string of the molecule is C#CCNc1ncnc2c1nnn2Cc1ccccc1Cl. The van der Waals surface area contributed by atoms with Crippen molar-refractivity contribution in [2.45, 2.75) is 6.54 Å². The van der Waals surface area contributed by atoms with Crippen molar-refractivity contribution in [3.63, 3.8) is 0 Å². The minimum atomic E-state index is 0.365. The fourth-order valence-corrected chi connectivity index (χ4v) is 2.15. The van der Waals surface area contributed by atoms with Gasteiger partial charge in [-0.25, -0.2) is 14.6 Å². The maximum Gasteiger partial charge on any atom is 0.184 e. The molecule has 2 heterocycles. The molecule has 0 amide bonds. The van der Waals surface area contributed by atoms with E-state index < -0.39 is 0 Å². The van der Waals surface area contributed by atoms with Crippen molar-refractivity contribution in [2.24, 2.45) is 0 Å². The van der Waals surface area contributed by atoms with E-state index in [0.717, 1.165) is 5.56 Å². The molecule has 0 saturated heterocycles. The average Bonchev–Trinajstić information content (AvgIpc) is 2.91. The van der Waals surface area contributed by atoms with Crippen LogP contribution < -0.4 is 5.32 Å². The normalized spacial score (nSPS) is 10.5. The van der Waals surface area contributed by atoms with Crippen molar-refractivity contribution >= 4 is 28.6 Å². The number of aromatic nitrogens is 5. The summed E-state index contributed by atoms with van der Waals surface area (Å²) in [5.74, 6) is 3.06. The topological polar surface area (TPSA) is 68.5 Å². The summed E-state index contributed by atoms with van der Waals surface area (Å²) in [5, 5.41) is 11.9. The lowest BCUT2D eigenvalue weighted by Gasteiger charge is -2.05. The van der Waals surface area contributed by atoms with Gasteiger partial charge < -0.3 is 5.32 Å². The van der Waals surface area contributed by atoms with Crippen LogP contribution in [0.5, 0.6) is 0 Å². The molecule has 0 aliphatic rings. The van der Waals surface area contributed by atoms with Crippen LogP contribution >= 0.6 is 11.6 Å². The van der Waals surface area contributed by atoms with Gasteiger partial charge in [0.1, 0.15) is 6.33 Å². The van der Waals surface area contributed by atoms with E-state index in [-0.39, 0.29) is 0 Å². The number of benzene rings is 1. The van der Waals surface area contributed by atoms with E-state index in [1.54, 1.807) is 4.68 Å². The monoisotopic (exact) mass is 298 g/mol. The number of hydrogen-bond acceptors (Lipinski definition) is 5. The Morgan fingerprint density at radius 1 is 1.29 bits per heavy atom. The molecule has 0 fully saturated rings. The summed E-state index contributed by atoms with van der Waals surface area (Å²) in [6.45, 7) is 0.852. The first-order valence-electron chi connectivity index (χ1n) is 6.24. The highest BCUT2D eigenvalue weighted by atomic mass is 35.5. The first kappa shape index (κ1) is 13.3. The predicted molar refractivity (Wildman–Crippen MR) is 81.0 cm³/mol. The number of fused-ring (bicyclic) bond motifs is 1. The highest BCUT2D eigenvalue weighted by Crippen LogP contribution is 2.19. The molecule has 3 rings (SSSR count). The maximum absolute atomic E-state index is 6.16. The first-order chi connectivity index (χ1) is 10.3. The molecule has 1 N–H and O–H groups in total. The number of nitrogens with zero attached hydrogens (tertiary/aromatic N) is 5. The zero-order valence-electron chi connectivity index (χ0n) is 11.0. The van der Waals surface area contributed by atoms with Crippen LogP contribution in [-0.4, -0.2) is 31.5 Å². The van der Waals surface area contributed by atoms with Gasteiger partial charge in [0.2, 0.25) is 0 Å². The maximum atomic E-state index is 6.16. The fraction of sp³-hybridized carbons (Fsp3) is 0.143.